The third kappa shape index (κ3) is 7.53. The van der Waals surface area contributed by atoms with E-state index in [0.717, 1.165) is 0 Å². The molecule has 0 aromatic carbocycles. The Bertz CT molecular complexity index is 511. The van der Waals surface area contributed by atoms with Gasteiger partial charge >= 0.3 is 5.97 Å². The average molecular weight is 357 g/mol. The van der Waals surface area contributed by atoms with Gasteiger partial charge < -0.3 is 21.1 Å². The number of rotatable bonds is 8. The second-order valence-corrected chi connectivity index (χ2v) is 7.67. The van der Waals surface area contributed by atoms with Crippen LogP contribution in [0.25, 0.3) is 0 Å². The normalized spacial score (nSPS) is 15.0. The van der Waals surface area contributed by atoms with Crippen molar-refractivity contribution in [3.05, 3.63) is 0 Å². The number of likely N-dealkylation sites (N-methyl/N-ethyl adjacent to an activating group) is 1. The van der Waals surface area contributed by atoms with Crippen molar-refractivity contribution < 1.29 is 24.3 Å². The van der Waals surface area contributed by atoms with E-state index in [0.29, 0.717) is 0 Å². The summed E-state index contributed by atoms with van der Waals surface area (Å²) in [4.78, 5) is 47.8. The summed E-state index contributed by atoms with van der Waals surface area (Å²) >= 11 is 0. The Kier molecular flexibility index (Phi) is 8.59. The van der Waals surface area contributed by atoms with Crippen LogP contribution in [0.15, 0.2) is 0 Å². The molecule has 3 amide bonds. The average Bonchev–Trinajstić information content (AvgIpc) is 2.45. The van der Waals surface area contributed by atoms with E-state index in [1.165, 1.54) is 14.0 Å². The summed E-state index contributed by atoms with van der Waals surface area (Å²) in [5, 5.41) is 16.9. The van der Waals surface area contributed by atoms with Crippen molar-refractivity contribution >= 4 is 23.7 Å². The molecule has 0 aromatic rings. The lowest BCUT2D eigenvalue weighted by Crippen LogP contribution is -2.57. The SMILES string of the molecule is CNC(=O)[C@@H](NC(=O)[C@H](CC(C)C)[C@H](NC(C)=O)C(=O)O)C(C)(C)C. The molecular formula is C17H31N3O5. The highest BCUT2D eigenvalue weighted by Crippen LogP contribution is 2.22. The number of carboxylic acids is 1. The van der Waals surface area contributed by atoms with Gasteiger partial charge in [0.1, 0.15) is 12.1 Å². The molecule has 144 valence electrons. The van der Waals surface area contributed by atoms with Crippen LogP contribution in [-0.2, 0) is 19.2 Å². The minimum Gasteiger partial charge on any atom is -0.480 e. The minimum atomic E-state index is -1.36. The number of amides is 3. The fraction of sp³-hybridized carbons (Fsp3) is 0.765. The lowest BCUT2D eigenvalue weighted by atomic mass is 9.84. The molecular weight excluding hydrogens is 326 g/mol. The molecule has 0 unspecified atom stereocenters. The summed E-state index contributed by atoms with van der Waals surface area (Å²) in [6.45, 7) is 10.3. The van der Waals surface area contributed by atoms with Crippen LogP contribution in [0.2, 0.25) is 0 Å². The van der Waals surface area contributed by atoms with Crippen molar-refractivity contribution in [1.82, 2.24) is 16.0 Å². The molecule has 8 nitrogen and oxygen atoms in total. The molecule has 0 aliphatic rings. The summed E-state index contributed by atoms with van der Waals surface area (Å²) in [6, 6.07) is -2.18. The molecule has 0 aliphatic heterocycles. The molecule has 0 fully saturated rings. The van der Waals surface area contributed by atoms with Crippen LogP contribution in [0.5, 0.6) is 0 Å². The highest BCUT2D eigenvalue weighted by atomic mass is 16.4. The summed E-state index contributed by atoms with van der Waals surface area (Å²) in [5.74, 6) is -3.72. The lowest BCUT2D eigenvalue weighted by molar-refractivity contribution is -0.147. The van der Waals surface area contributed by atoms with Gasteiger partial charge in [0.25, 0.3) is 0 Å². The van der Waals surface area contributed by atoms with E-state index in [4.69, 9.17) is 0 Å². The predicted octanol–water partition coefficient (Wildman–Crippen LogP) is 0.515. The molecule has 0 rings (SSSR count). The summed E-state index contributed by atoms with van der Waals surface area (Å²) in [7, 11) is 1.47. The van der Waals surface area contributed by atoms with Crippen molar-refractivity contribution in [2.24, 2.45) is 17.3 Å². The van der Waals surface area contributed by atoms with E-state index < -0.39 is 41.2 Å². The van der Waals surface area contributed by atoms with E-state index in [-0.39, 0.29) is 18.2 Å². The number of hydrogen-bond donors (Lipinski definition) is 4. The smallest absolute Gasteiger partial charge is 0.327 e. The van der Waals surface area contributed by atoms with Gasteiger partial charge in [-0.15, -0.1) is 0 Å². The fourth-order valence-electron chi connectivity index (χ4n) is 2.52. The van der Waals surface area contributed by atoms with E-state index in [1.807, 2.05) is 13.8 Å². The quantitative estimate of drug-likeness (QED) is 0.504. The lowest BCUT2D eigenvalue weighted by Gasteiger charge is -2.33. The topological polar surface area (TPSA) is 125 Å². The summed E-state index contributed by atoms with van der Waals surface area (Å²) in [5.41, 5.74) is -0.565. The van der Waals surface area contributed by atoms with Gasteiger partial charge in [0.15, 0.2) is 0 Å². The zero-order valence-corrected chi connectivity index (χ0v) is 16.1. The van der Waals surface area contributed by atoms with Gasteiger partial charge in [0.05, 0.1) is 5.92 Å². The van der Waals surface area contributed by atoms with Gasteiger partial charge in [-0.25, -0.2) is 4.79 Å². The molecule has 0 aliphatic carbocycles. The van der Waals surface area contributed by atoms with Crippen LogP contribution >= 0.6 is 0 Å². The van der Waals surface area contributed by atoms with Crippen molar-refractivity contribution in [3.8, 4) is 0 Å². The largest absolute Gasteiger partial charge is 0.480 e. The first-order valence-electron chi connectivity index (χ1n) is 8.33. The number of hydrogen-bond acceptors (Lipinski definition) is 4. The number of aliphatic carboxylic acids is 1. The van der Waals surface area contributed by atoms with Crippen molar-refractivity contribution in [3.63, 3.8) is 0 Å². The van der Waals surface area contributed by atoms with Crippen LogP contribution < -0.4 is 16.0 Å². The van der Waals surface area contributed by atoms with Gasteiger partial charge in [-0.05, 0) is 17.8 Å². The molecule has 0 bridgehead atoms. The summed E-state index contributed by atoms with van der Waals surface area (Å²) in [6.07, 6.45) is 0.258. The van der Waals surface area contributed by atoms with Crippen molar-refractivity contribution in [1.29, 1.82) is 0 Å². The van der Waals surface area contributed by atoms with Crippen LogP contribution in [0, 0.1) is 17.3 Å². The van der Waals surface area contributed by atoms with Crippen LogP contribution in [0.3, 0.4) is 0 Å². The van der Waals surface area contributed by atoms with Crippen LogP contribution in [-0.4, -0.2) is 47.9 Å². The fourth-order valence-corrected chi connectivity index (χ4v) is 2.52. The van der Waals surface area contributed by atoms with Gasteiger partial charge in [-0.3, -0.25) is 14.4 Å². The van der Waals surface area contributed by atoms with Crippen molar-refractivity contribution in [2.45, 2.75) is 60.0 Å². The first kappa shape index (κ1) is 22.9. The Balaban J connectivity index is 5.63. The van der Waals surface area contributed by atoms with Crippen molar-refractivity contribution in [2.75, 3.05) is 7.05 Å². The second-order valence-electron chi connectivity index (χ2n) is 7.67. The number of carbonyl (C=O) groups is 4. The minimum absolute atomic E-state index is 0.0273. The molecule has 0 heterocycles. The van der Waals surface area contributed by atoms with Gasteiger partial charge in [0, 0.05) is 14.0 Å². The zero-order valence-electron chi connectivity index (χ0n) is 16.1. The van der Waals surface area contributed by atoms with Crippen LogP contribution in [0.4, 0.5) is 0 Å². The number of nitrogens with one attached hydrogen (secondary N) is 3. The Labute approximate surface area is 149 Å². The third-order valence-corrected chi connectivity index (χ3v) is 3.75. The predicted molar refractivity (Wildman–Crippen MR) is 93.6 cm³/mol. The molecule has 3 atom stereocenters. The zero-order chi connectivity index (χ0) is 19.9. The second kappa shape index (κ2) is 9.39. The highest BCUT2D eigenvalue weighted by molar-refractivity contribution is 5.93. The Morgan fingerprint density at radius 2 is 1.52 bits per heavy atom. The molecule has 8 heteroatoms. The standard InChI is InChI=1S/C17H31N3O5/c1-9(2)8-11(12(16(24)25)19-10(3)21)14(22)20-13(15(23)18-7)17(4,5)6/h9,11-13H,8H2,1-7H3,(H,18,23)(H,19,21)(H,20,22)(H,24,25)/t11-,12+,13-/m1/s1. The molecule has 0 spiro atoms. The Morgan fingerprint density at radius 3 is 1.84 bits per heavy atom. The Morgan fingerprint density at radius 1 is 1.00 bits per heavy atom. The molecule has 0 saturated heterocycles. The number of carboxylic acid groups (broad SMARTS) is 1. The summed E-state index contributed by atoms with van der Waals surface area (Å²) < 4.78 is 0. The molecule has 25 heavy (non-hydrogen) atoms. The van der Waals surface area contributed by atoms with E-state index in [9.17, 15) is 24.3 Å². The van der Waals surface area contributed by atoms with Gasteiger partial charge in [0.2, 0.25) is 17.7 Å². The number of carbonyl (C=O) groups excluding carboxylic acids is 3. The first-order chi connectivity index (χ1) is 11.3. The third-order valence-electron chi connectivity index (χ3n) is 3.75. The van der Waals surface area contributed by atoms with Gasteiger partial charge in [-0.2, -0.15) is 0 Å². The van der Waals surface area contributed by atoms with E-state index in [1.54, 1.807) is 20.8 Å². The molecule has 0 aromatic heterocycles. The van der Waals surface area contributed by atoms with Crippen LogP contribution in [0.1, 0.15) is 48.0 Å². The first-order valence-corrected chi connectivity index (χ1v) is 8.33. The van der Waals surface area contributed by atoms with E-state index in [2.05, 4.69) is 16.0 Å². The maximum Gasteiger partial charge on any atom is 0.327 e. The maximum atomic E-state index is 12.8. The van der Waals surface area contributed by atoms with Gasteiger partial charge in [-0.1, -0.05) is 34.6 Å². The Hall–Kier alpha value is -2.12. The molecule has 4 N–H and O–H groups in total. The highest BCUT2D eigenvalue weighted by Gasteiger charge is 2.39. The maximum absolute atomic E-state index is 12.8. The molecule has 0 saturated carbocycles. The van der Waals surface area contributed by atoms with E-state index >= 15 is 0 Å². The molecule has 0 radical (unpaired) electrons. The monoisotopic (exact) mass is 357 g/mol.